The van der Waals surface area contributed by atoms with Gasteiger partial charge in [-0.15, -0.1) is 0 Å². The lowest BCUT2D eigenvalue weighted by atomic mass is 10.1. The average Bonchev–Trinajstić information content (AvgIpc) is 3.01. The highest BCUT2D eigenvalue weighted by Gasteiger charge is 2.28. The molecule has 0 aliphatic carbocycles. The first kappa shape index (κ1) is 21.4. The van der Waals surface area contributed by atoms with Crippen molar-refractivity contribution >= 4 is 40.0 Å². The molecule has 0 saturated carbocycles. The first-order valence-electron chi connectivity index (χ1n) is 10.5. The predicted octanol–water partition coefficient (Wildman–Crippen LogP) is 3.85. The fourth-order valence-corrected chi connectivity index (χ4v) is 4.60. The second-order valence-corrected chi connectivity index (χ2v) is 8.50. The van der Waals surface area contributed by atoms with E-state index in [1.54, 1.807) is 0 Å². The zero-order chi connectivity index (χ0) is 22.1. The fraction of sp³-hybridized carbons (Fsp3) is 0.333. The van der Waals surface area contributed by atoms with Crippen LogP contribution in [0.15, 0.2) is 42.5 Å². The summed E-state index contributed by atoms with van der Waals surface area (Å²) in [7, 11) is 1.87. The summed E-state index contributed by atoms with van der Waals surface area (Å²) in [6, 6.07) is 13.7. The lowest BCUT2D eigenvalue weighted by molar-refractivity contribution is -0.117. The molecule has 1 aliphatic rings. The lowest BCUT2D eigenvalue weighted by Crippen LogP contribution is -2.50. The van der Waals surface area contributed by atoms with Gasteiger partial charge in [-0.25, -0.2) is 0 Å². The molecule has 0 bridgehead atoms. The number of nitrogens with zero attached hydrogens (tertiary/aromatic N) is 3. The van der Waals surface area contributed by atoms with Crippen molar-refractivity contribution in [1.29, 1.82) is 0 Å². The third-order valence-electron chi connectivity index (χ3n) is 6.02. The van der Waals surface area contributed by atoms with Gasteiger partial charge in [-0.2, -0.15) is 0 Å². The smallest absolute Gasteiger partial charge is 0.272 e. The van der Waals surface area contributed by atoms with Crippen LogP contribution in [0.1, 0.15) is 21.6 Å². The molecular weight excluding hydrogens is 412 g/mol. The van der Waals surface area contributed by atoms with Crippen molar-refractivity contribution in [2.45, 2.75) is 13.8 Å². The number of piperazine rings is 1. The summed E-state index contributed by atoms with van der Waals surface area (Å²) < 4.78 is 1.87. The Labute approximate surface area is 187 Å². The molecule has 1 fully saturated rings. The molecule has 0 radical (unpaired) electrons. The van der Waals surface area contributed by atoms with Gasteiger partial charge in [-0.3, -0.25) is 14.5 Å². The second kappa shape index (κ2) is 8.73. The van der Waals surface area contributed by atoms with Gasteiger partial charge < -0.3 is 14.8 Å². The van der Waals surface area contributed by atoms with Gasteiger partial charge in [0.2, 0.25) is 5.91 Å². The van der Waals surface area contributed by atoms with E-state index in [2.05, 4.69) is 10.2 Å². The number of carbonyl (C=O) groups excluding carboxylic acids is 2. The number of aryl methyl sites for hydroxylation is 3. The maximum Gasteiger partial charge on any atom is 0.272 e. The number of para-hydroxylation sites is 2. The van der Waals surface area contributed by atoms with E-state index in [1.165, 1.54) is 0 Å². The lowest BCUT2D eigenvalue weighted by Gasteiger charge is -2.34. The average molecular weight is 439 g/mol. The van der Waals surface area contributed by atoms with E-state index in [-0.39, 0.29) is 11.8 Å². The Morgan fingerprint density at radius 3 is 2.26 bits per heavy atom. The van der Waals surface area contributed by atoms with Crippen LogP contribution >= 0.6 is 11.6 Å². The van der Waals surface area contributed by atoms with Crippen LogP contribution < -0.4 is 5.32 Å². The van der Waals surface area contributed by atoms with Crippen molar-refractivity contribution in [2.24, 2.45) is 7.05 Å². The summed E-state index contributed by atoms with van der Waals surface area (Å²) >= 11 is 6.54. The SMILES string of the molecule is Cc1cccc(C)c1NC(=O)CN1CCN(C(=O)c2c(Cl)c3ccccc3n2C)CC1. The Kier molecular flexibility index (Phi) is 6.03. The third-order valence-corrected chi connectivity index (χ3v) is 6.40. The summed E-state index contributed by atoms with van der Waals surface area (Å²) in [5.41, 5.74) is 4.44. The summed E-state index contributed by atoms with van der Waals surface area (Å²) in [6.45, 7) is 6.71. The molecular formula is C24H27ClN4O2. The van der Waals surface area contributed by atoms with Crippen molar-refractivity contribution in [3.05, 3.63) is 64.3 Å². The number of halogens is 1. The number of carbonyl (C=O) groups is 2. The molecule has 2 heterocycles. The van der Waals surface area contributed by atoms with Gasteiger partial charge in [-0.1, -0.05) is 48.0 Å². The van der Waals surface area contributed by atoms with Gasteiger partial charge in [0.1, 0.15) is 5.69 Å². The van der Waals surface area contributed by atoms with Gasteiger partial charge in [0, 0.05) is 49.8 Å². The Morgan fingerprint density at radius 1 is 0.968 bits per heavy atom. The molecule has 2 aromatic carbocycles. The van der Waals surface area contributed by atoms with E-state index in [4.69, 9.17) is 11.6 Å². The highest BCUT2D eigenvalue weighted by molar-refractivity contribution is 6.38. The van der Waals surface area contributed by atoms with Crippen molar-refractivity contribution < 1.29 is 9.59 Å². The van der Waals surface area contributed by atoms with Crippen LogP contribution in [0.5, 0.6) is 0 Å². The number of nitrogens with one attached hydrogen (secondary N) is 1. The molecule has 1 saturated heterocycles. The van der Waals surface area contributed by atoms with Gasteiger partial charge >= 0.3 is 0 Å². The van der Waals surface area contributed by atoms with E-state index in [0.29, 0.717) is 43.4 Å². The van der Waals surface area contributed by atoms with Crippen molar-refractivity contribution in [3.63, 3.8) is 0 Å². The highest BCUT2D eigenvalue weighted by atomic mass is 35.5. The number of fused-ring (bicyclic) bond motifs is 1. The minimum Gasteiger partial charge on any atom is -0.338 e. The number of hydrogen-bond acceptors (Lipinski definition) is 3. The predicted molar refractivity (Wildman–Crippen MR) is 125 cm³/mol. The molecule has 31 heavy (non-hydrogen) atoms. The Morgan fingerprint density at radius 2 is 1.61 bits per heavy atom. The Hall–Kier alpha value is -2.83. The van der Waals surface area contributed by atoms with E-state index in [1.807, 2.05) is 72.8 Å². The number of hydrogen-bond donors (Lipinski definition) is 1. The molecule has 0 unspecified atom stereocenters. The van der Waals surface area contributed by atoms with Gasteiger partial charge in [-0.05, 0) is 31.0 Å². The molecule has 6 nitrogen and oxygen atoms in total. The molecule has 4 rings (SSSR count). The zero-order valence-corrected chi connectivity index (χ0v) is 18.9. The maximum atomic E-state index is 13.2. The molecule has 2 amide bonds. The van der Waals surface area contributed by atoms with Crippen LogP contribution in [0.25, 0.3) is 10.9 Å². The first-order valence-corrected chi connectivity index (χ1v) is 10.8. The Bertz CT molecular complexity index is 1090. The first-order chi connectivity index (χ1) is 14.9. The number of benzene rings is 2. The van der Waals surface area contributed by atoms with Crippen LogP contribution in [0.2, 0.25) is 5.02 Å². The second-order valence-electron chi connectivity index (χ2n) is 8.12. The number of anilines is 1. The Balaban J connectivity index is 1.38. The molecule has 0 spiro atoms. The number of amides is 2. The quantitative estimate of drug-likeness (QED) is 0.673. The molecule has 1 aliphatic heterocycles. The monoisotopic (exact) mass is 438 g/mol. The standard InChI is InChI=1S/C24H27ClN4O2/c1-16-7-6-8-17(2)22(16)26-20(30)15-28-11-13-29(14-12-28)24(31)23-21(25)18-9-4-5-10-19(18)27(23)3/h4-10H,11-15H2,1-3H3,(H,26,30). The molecule has 1 aromatic heterocycles. The fourth-order valence-electron chi connectivity index (χ4n) is 4.24. The van der Waals surface area contributed by atoms with Crippen LogP contribution in [-0.4, -0.2) is 58.9 Å². The number of aromatic nitrogens is 1. The van der Waals surface area contributed by atoms with E-state index in [0.717, 1.165) is 27.7 Å². The minimum absolute atomic E-state index is 0.0334. The van der Waals surface area contributed by atoms with Crippen molar-refractivity contribution in [2.75, 3.05) is 38.0 Å². The van der Waals surface area contributed by atoms with Crippen LogP contribution in [0, 0.1) is 13.8 Å². The largest absolute Gasteiger partial charge is 0.338 e. The van der Waals surface area contributed by atoms with Gasteiger partial charge in [0.15, 0.2) is 0 Å². The zero-order valence-electron chi connectivity index (χ0n) is 18.1. The summed E-state index contributed by atoms with van der Waals surface area (Å²) in [6.07, 6.45) is 0. The number of rotatable bonds is 4. The third kappa shape index (κ3) is 4.18. The summed E-state index contributed by atoms with van der Waals surface area (Å²) in [4.78, 5) is 29.6. The van der Waals surface area contributed by atoms with E-state index in [9.17, 15) is 9.59 Å². The van der Waals surface area contributed by atoms with Gasteiger partial charge in [0.25, 0.3) is 5.91 Å². The summed E-state index contributed by atoms with van der Waals surface area (Å²) in [5, 5.41) is 4.42. The van der Waals surface area contributed by atoms with E-state index >= 15 is 0 Å². The summed E-state index contributed by atoms with van der Waals surface area (Å²) in [5.74, 6) is -0.0998. The molecule has 7 heteroatoms. The van der Waals surface area contributed by atoms with Crippen LogP contribution in [0.3, 0.4) is 0 Å². The van der Waals surface area contributed by atoms with Crippen LogP contribution in [-0.2, 0) is 11.8 Å². The maximum absolute atomic E-state index is 13.2. The molecule has 1 N–H and O–H groups in total. The van der Waals surface area contributed by atoms with Gasteiger partial charge in [0.05, 0.1) is 11.6 Å². The topological polar surface area (TPSA) is 57.6 Å². The van der Waals surface area contributed by atoms with Crippen molar-refractivity contribution in [1.82, 2.24) is 14.4 Å². The van der Waals surface area contributed by atoms with E-state index < -0.39 is 0 Å². The molecule has 3 aromatic rings. The van der Waals surface area contributed by atoms with Crippen LogP contribution in [0.4, 0.5) is 5.69 Å². The highest BCUT2D eigenvalue weighted by Crippen LogP contribution is 2.30. The normalized spacial score (nSPS) is 14.8. The minimum atomic E-state index is -0.0664. The molecule has 162 valence electrons. The molecule has 0 atom stereocenters. The van der Waals surface area contributed by atoms with Crippen molar-refractivity contribution in [3.8, 4) is 0 Å².